The third-order valence-electron chi connectivity index (χ3n) is 3.66. The average Bonchev–Trinajstić information content (AvgIpc) is 2.98. The van der Waals surface area contributed by atoms with Crippen molar-refractivity contribution in [1.82, 2.24) is 4.98 Å². The second-order valence-corrected chi connectivity index (χ2v) is 7.68. The van der Waals surface area contributed by atoms with Crippen LogP contribution >= 0.6 is 27.3 Å². The van der Waals surface area contributed by atoms with Gasteiger partial charge in [0, 0.05) is 10.2 Å². The van der Waals surface area contributed by atoms with E-state index in [4.69, 9.17) is 4.74 Å². The zero-order chi connectivity index (χ0) is 18.7. The van der Waals surface area contributed by atoms with E-state index in [2.05, 4.69) is 26.2 Å². The van der Waals surface area contributed by atoms with Gasteiger partial charge >= 0.3 is 0 Å². The Labute approximate surface area is 163 Å². The van der Waals surface area contributed by atoms with Crippen LogP contribution in [0, 0.1) is 19.7 Å². The Balaban J connectivity index is 1.68. The lowest BCUT2D eigenvalue weighted by atomic mass is 10.2. The molecule has 26 heavy (non-hydrogen) atoms. The van der Waals surface area contributed by atoms with Crippen LogP contribution in [-0.2, 0) is 6.61 Å². The van der Waals surface area contributed by atoms with Gasteiger partial charge in [0.15, 0.2) is 0 Å². The molecule has 1 amide bonds. The van der Waals surface area contributed by atoms with Crippen molar-refractivity contribution in [3.05, 3.63) is 73.9 Å². The van der Waals surface area contributed by atoms with Gasteiger partial charge in [-0.05, 0) is 61.9 Å². The van der Waals surface area contributed by atoms with Crippen molar-refractivity contribution >= 4 is 38.9 Å². The number of carbonyl (C=O) groups excluding carboxylic acids is 1. The predicted octanol–water partition coefficient (Wildman–Crippen LogP) is 5.49. The number of rotatable bonds is 5. The highest BCUT2D eigenvalue weighted by Gasteiger charge is 2.16. The quantitative estimate of drug-likeness (QED) is 0.577. The van der Waals surface area contributed by atoms with E-state index in [1.165, 1.54) is 23.5 Å². The number of ether oxygens (including phenoxy) is 1. The normalized spacial score (nSPS) is 10.6. The Morgan fingerprint density at radius 1 is 1.23 bits per heavy atom. The van der Waals surface area contributed by atoms with Crippen LogP contribution in [0.4, 0.5) is 10.1 Å². The van der Waals surface area contributed by atoms with E-state index in [1.54, 1.807) is 19.1 Å². The van der Waals surface area contributed by atoms with Crippen molar-refractivity contribution in [3.8, 4) is 5.75 Å². The maximum atomic E-state index is 12.9. The van der Waals surface area contributed by atoms with Crippen LogP contribution in [0.2, 0.25) is 0 Å². The van der Waals surface area contributed by atoms with Crippen LogP contribution in [0.1, 0.15) is 25.9 Å². The summed E-state index contributed by atoms with van der Waals surface area (Å²) in [5.41, 5.74) is 2.38. The summed E-state index contributed by atoms with van der Waals surface area (Å²) < 4.78 is 19.5. The predicted molar refractivity (Wildman–Crippen MR) is 104 cm³/mol. The number of benzene rings is 2. The Bertz CT molecular complexity index is 941. The molecule has 0 spiro atoms. The van der Waals surface area contributed by atoms with Gasteiger partial charge in [-0.2, -0.15) is 0 Å². The molecule has 0 aliphatic heterocycles. The molecule has 0 radical (unpaired) electrons. The summed E-state index contributed by atoms with van der Waals surface area (Å²) in [7, 11) is 0. The summed E-state index contributed by atoms with van der Waals surface area (Å²) in [6, 6.07) is 11.5. The largest absolute Gasteiger partial charge is 0.486 e. The molecule has 134 valence electrons. The van der Waals surface area contributed by atoms with E-state index < -0.39 is 0 Å². The monoisotopic (exact) mass is 434 g/mol. The number of aryl methyl sites for hydroxylation is 2. The molecule has 0 saturated heterocycles. The van der Waals surface area contributed by atoms with Crippen molar-refractivity contribution in [2.24, 2.45) is 0 Å². The fourth-order valence-corrected chi connectivity index (χ4v) is 3.70. The van der Waals surface area contributed by atoms with Gasteiger partial charge in [0.1, 0.15) is 28.1 Å². The highest BCUT2D eigenvalue weighted by Crippen LogP contribution is 2.24. The third-order valence-corrected chi connectivity index (χ3v) is 5.28. The number of nitrogens with one attached hydrogen (secondary N) is 1. The number of carbonyl (C=O) groups is 1. The second kappa shape index (κ2) is 7.97. The van der Waals surface area contributed by atoms with Crippen molar-refractivity contribution in [2.75, 3.05) is 5.32 Å². The van der Waals surface area contributed by atoms with Crippen LogP contribution < -0.4 is 10.1 Å². The molecule has 3 aromatic rings. The maximum Gasteiger partial charge on any atom is 0.267 e. The molecule has 7 heteroatoms. The third kappa shape index (κ3) is 4.47. The molecule has 0 aliphatic rings. The van der Waals surface area contributed by atoms with Crippen LogP contribution in [-0.4, -0.2) is 10.9 Å². The number of nitrogens with zero attached hydrogens (tertiary/aromatic N) is 1. The van der Waals surface area contributed by atoms with E-state index in [9.17, 15) is 9.18 Å². The summed E-state index contributed by atoms with van der Waals surface area (Å²) in [6.07, 6.45) is 0. The van der Waals surface area contributed by atoms with Gasteiger partial charge in [-0.3, -0.25) is 4.79 Å². The summed E-state index contributed by atoms with van der Waals surface area (Å²) in [4.78, 5) is 17.5. The van der Waals surface area contributed by atoms with Gasteiger partial charge < -0.3 is 10.1 Å². The molecule has 1 heterocycles. The Morgan fingerprint density at radius 3 is 2.65 bits per heavy atom. The zero-order valence-corrected chi connectivity index (χ0v) is 16.6. The molecule has 1 aromatic heterocycles. The first-order valence-corrected chi connectivity index (χ1v) is 9.45. The molecule has 0 fully saturated rings. The first-order valence-electron chi connectivity index (χ1n) is 7.84. The molecule has 1 N–H and O–H groups in total. The smallest absolute Gasteiger partial charge is 0.267 e. The zero-order valence-electron chi connectivity index (χ0n) is 14.2. The van der Waals surface area contributed by atoms with Crippen molar-refractivity contribution in [1.29, 1.82) is 0 Å². The van der Waals surface area contributed by atoms with Gasteiger partial charge in [-0.25, -0.2) is 9.37 Å². The molecule has 0 saturated carbocycles. The number of hydrogen-bond donors (Lipinski definition) is 1. The summed E-state index contributed by atoms with van der Waals surface area (Å²) in [6.45, 7) is 3.95. The van der Waals surface area contributed by atoms with Crippen LogP contribution in [0.15, 0.2) is 46.9 Å². The minimum Gasteiger partial charge on any atom is -0.486 e. The molecular formula is C19H16BrFN2O2S. The summed E-state index contributed by atoms with van der Waals surface area (Å²) in [5, 5.41) is 3.60. The van der Waals surface area contributed by atoms with Gasteiger partial charge in [0.05, 0.1) is 5.69 Å². The van der Waals surface area contributed by atoms with E-state index in [1.807, 2.05) is 25.1 Å². The van der Waals surface area contributed by atoms with Crippen molar-refractivity contribution < 1.29 is 13.9 Å². The fourth-order valence-electron chi connectivity index (χ4n) is 2.35. The van der Waals surface area contributed by atoms with Gasteiger partial charge in [-0.15, -0.1) is 11.3 Å². The van der Waals surface area contributed by atoms with E-state index in [0.717, 1.165) is 15.7 Å². The topological polar surface area (TPSA) is 51.2 Å². The standard InChI is InChI=1S/C19H16BrFN2O2S/c1-11-9-13(20)3-8-16(11)23-19(24)18-12(2)22-17(26-18)10-25-15-6-4-14(21)5-7-15/h3-9H,10H2,1-2H3,(H,23,24). The van der Waals surface area contributed by atoms with Gasteiger partial charge in [0.25, 0.3) is 5.91 Å². The Kier molecular flexibility index (Phi) is 5.68. The van der Waals surface area contributed by atoms with Gasteiger partial charge in [-0.1, -0.05) is 15.9 Å². The second-order valence-electron chi connectivity index (χ2n) is 5.68. The summed E-state index contributed by atoms with van der Waals surface area (Å²) in [5.74, 6) is 0.0406. The van der Waals surface area contributed by atoms with Crippen molar-refractivity contribution in [2.45, 2.75) is 20.5 Å². The first-order chi connectivity index (χ1) is 12.4. The Hall–Kier alpha value is -2.25. The minimum atomic E-state index is -0.315. The highest BCUT2D eigenvalue weighted by atomic mass is 79.9. The molecular weight excluding hydrogens is 419 g/mol. The fraction of sp³-hybridized carbons (Fsp3) is 0.158. The number of aromatic nitrogens is 1. The molecule has 0 unspecified atom stereocenters. The number of anilines is 1. The lowest BCUT2D eigenvalue weighted by Crippen LogP contribution is -2.12. The van der Waals surface area contributed by atoms with Crippen molar-refractivity contribution in [3.63, 3.8) is 0 Å². The number of hydrogen-bond acceptors (Lipinski definition) is 4. The molecule has 0 atom stereocenters. The molecule has 3 rings (SSSR count). The van der Waals surface area contributed by atoms with Crippen LogP contribution in [0.5, 0.6) is 5.75 Å². The summed E-state index contributed by atoms with van der Waals surface area (Å²) >= 11 is 4.69. The highest BCUT2D eigenvalue weighted by molar-refractivity contribution is 9.10. The molecule has 0 bridgehead atoms. The van der Waals surface area contributed by atoms with Crippen LogP contribution in [0.3, 0.4) is 0 Å². The minimum absolute atomic E-state index is 0.196. The number of halogens is 2. The number of amides is 1. The lowest BCUT2D eigenvalue weighted by molar-refractivity contribution is 0.102. The average molecular weight is 435 g/mol. The van der Waals surface area contributed by atoms with E-state index in [0.29, 0.717) is 21.3 Å². The molecule has 0 aliphatic carbocycles. The lowest BCUT2D eigenvalue weighted by Gasteiger charge is -2.08. The number of thiazole rings is 1. The molecule has 2 aromatic carbocycles. The van der Waals surface area contributed by atoms with E-state index in [-0.39, 0.29) is 18.3 Å². The molecule has 4 nitrogen and oxygen atoms in total. The Morgan fingerprint density at radius 2 is 1.96 bits per heavy atom. The van der Waals surface area contributed by atoms with E-state index >= 15 is 0 Å². The maximum absolute atomic E-state index is 12.9. The van der Waals surface area contributed by atoms with Gasteiger partial charge in [0.2, 0.25) is 0 Å². The van der Waals surface area contributed by atoms with Crippen LogP contribution in [0.25, 0.3) is 0 Å². The SMILES string of the molecule is Cc1cc(Br)ccc1NC(=O)c1sc(COc2ccc(F)cc2)nc1C. The first kappa shape index (κ1) is 18.5.